The summed E-state index contributed by atoms with van der Waals surface area (Å²) in [5, 5.41) is 37.4. The van der Waals surface area contributed by atoms with Gasteiger partial charge in [-0.25, -0.2) is 0 Å². The normalized spacial score (nSPS) is 15.4. The summed E-state index contributed by atoms with van der Waals surface area (Å²) in [6.07, 6.45) is 0. The number of aryl methyl sites for hydroxylation is 2. The lowest BCUT2D eigenvalue weighted by Crippen LogP contribution is -2.31. The van der Waals surface area contributed by atoms with E-state index >= 15 is 0 Å². The molecule has 0 aliphatic heterocycles. The van der Waals surface area contributed by atoms with Crippen molar-refractivity contribution in [2.75, 3.05) is 0 Å². The van der Waals surface area contributed by atoms with Gasteiger partial charge in [0.25, 0.3) is 0 Å². The Hall–Kier alpha value is -10.5. The van der Waals surface area contributed by atoms with Gasteiger partial charge in [-0.3, -0.25) is 0 Å². The van der Waals surface area contributed by atoms with Crippen molar-refractivity contribution in [1.82, 2.24) is 18.3 Å². The molecule has 17 rings (SSSR count). The standard InChI is InChI=1S/C70H42N6O2/c1-39-27-33-59-51(35-39)47-29-31-49-45-19-7-13-25-61(45)77-69(49)65(47)75(59)63-53(37-71)54(38-72)64(76-60-34-28-40(2)36-52(60)48-30-32-50-46-20-8-14-26-62(46)78-70(50)66(48)76)68(74-57-23-11-5-17-43(57)44-18-6-12-24-58(44)74)67(63)73-55-21-9-3-15-41(55)42-16-4-10-22-56(42)73/h3-36,53,63H,1-2H3. The van der Waals surface area contributed by atoms with Crippen LogP contribution in [0, 0.1) is 42.4 Å². The Bertz CT molecular complexity index is 5430. The van der Waals surface area contributed by atoms with Crippen LogP contribution in [-0.2, 0) is 0 Å². The summed E-state index contributed by atoms with van der Waals surface area (Å²) < 4.78 is 23.6. The Morgan fingerprint density at radius 2 is 0.795 bits per heavy atom. The number of furan rings is 2. The molecule has 0 saturated heterocycles. The summed E-state index contributed by atoms with van der Waals surface area (Å²) >= 11 is 0. The lowest BCUT2D eigenvalue weighted by atomic mass is 9.82. The van der Waals surface area contributed by atoms with Crippen LogP contribution in [0.25, 0.3) is 148 Å². The van der Waals surface area contributed by atoms with Crippen LogP contribution in [0.4, 0.5) is 0 Å². The second-order valence-electron chi connectivity index (χ2n) is 21.0. The van der Waals surface area contributed by atoms with E-state index in [1.54, 1.807) is 0 Å². The van der Waals surface area contributed by atoms with Crippen molar-refractivity contribution < 1.29 is 8.83 Å². The van der Waals surface area contributed by atoms with Crippen LogP contribution < -0.4 is 0 Å². The molecule has 1 aliphatic rings. The highest BCUT2D eigenvalue weighted by Gasteiger charge is 2.45. The van der Waals surface area contributed by atoms with E-state index in [1.807, 2.05) is 30.3 Å². The second-order valence-corrected chi connectivity index (χ2v) is 21.0. The number of rotatable bonds is 4. The van der Waals surface area contributed by atoms with Gasteiger partial charge in [-0.1, -0.05) is 145 Å². The van der Waals surface area contributed by atoms with Crippen molar-refractivity contribution in [2.24, 2.45) is 5.92 Å². The average Bonchev–Trinajstić information content (AvgIpc) is 4.51. The van der Waals surface area contributed by atoms with E-state index in [-0.39, 0.29) is 0 Å². The highest BCUT2D eigenvalue weighted by Crippen LogP contribution is 2.56. The summed E-state index contributed by atoms with van der Waals surface area (Å²) in [6.45, 7) is 4.25. The monoisotopic (exact) mass is 998 g/mol. The molecule has 0 fully saturated rings. The molecular formula is C70H42N6O2. The minimum atomic E-state index is -1.08. The van der Waals surface area contributed by atoms with Crippen molar-refractivity contribution in [3.63, 3.8) is 0 Å². The SMILES string of the molecule is Cc1ccc2c(c1)c1ccc3c4ccccc4oc3c1n2C1=C(C#N)C(C#N)C(n2c3ccc(C)cc3c3ccc4c5ccccc5oc4c32)C(n2c3ccccc3c3ccccc32)=C1n1c2ccccc2c2ccccc21. The predicted octanol–water partition coefficient (Wildman–Crippen LogP) is 18.2. The highest BCUT2D eigenvalue weighted by atomic mass is 16.3. The molecule has 364 valence electrons. The first-order valence-electron chi connectivity index (χ1n) is 26.4. The summed E-state index contributed by atoms with van der Waals surface area (Å²) in [7, 11) is 0. The molecule has 10 aromatic carbocycles. The van der Waals surface area contributed by atoms with Crippen molar-refractivity contribution in [2.45, 2.75) is 19.9 Å². The molecule has 8 nitrogen and oxygen atoms in total. The Balaban J connectivity index is 1.18. The van der Waals surface area contributed by atoms with E-state index in [0.29, 0.717) is 16.9 Å². The molecule has 8 heteroatoms. The Kier molecular flexibility index (Phi) is 8.51. The number of hydrogen-bond donors (Lipinski definition) is 0. The van der Waals surface area contributed by atoms with E-state index in [2.05, 4.69) is 220 Å². The number of para-hydroxylation sites is 6. The van der Waals surface area contributed by atoms with Crippen LogP contribution in [0.2, 0.25) is 0 Å². The number of fused-ring (bicyclic) bond motifs is 20. The van der Waals surface area contributed by atoms with E-state index in [0.717, 1.165) is 148 Å². The fourth-order valence-electron chi connectivity index (χ4n) is 13.8. The van der Waals surface area contributed by atoms with Gasteiger partial charge in [0.15, 0.2) is 11.2 Å². The maximum absolute atomic E-state index is 12.6. The van der Waals surface area contributed by atoms with Gasteiger partial charge in [0.1, 0.15) is 17.1 Å². The molecule has 2 atom stereocenters. The van der Waals surface area contributed by atoms with Gasteiger partial charge >= 0.3 is 0 Å². The number of benzene rings is 10. The summed E-state index contributed by atoms with van der Waals surface area (Å²) in [5.41, 5.74) is 15.0. The molecule has 0 bridgehead atoms. The molecule has 78 heavy (non-hydrogen) atoms. The van der Waals surface area contributed by atoms with Crippen molar-refractivity contribution in [3.8, 4) is 12.1 Å². The smallest absolute Gasteiger partial charge is 0.160 e. The lowest BCUT2D eigenvalue weighted by molar-refractivity contribution is 0.545. The molecule has 0 saturated carbocycles. The molecular weight excluding hydrogens is 957 g/mol. The number of nitrogens with zero attached hydrogens (tertiary/aromatic N) is 6. The van der Waals surface area contributed by atoms with E-state index in [1.165, 1.54) is 0 Å². The molecule has 0 spiro atoms. The molecule has 6 aromatic heterocycles. The summed E-state index contributed by atoms with van der Waals surface area (Å²) in [5.74, 6) is -1.08. The zero-order valence-electron chi connectivity index (χ0n) is 42.3. The van der Waals surface area contributed by atoms with Crippen LogP contribution in [0.5, 0.6) is 0 Å². The van der Waals surface area contributed by atoms with Crippen molar-refractivity contribution in [1.29, 1.82) is 10.5 Å². The Morgan fingerprint density at radius 1 is 0.372 bits per heavy atom. The van der Waals surface area contributed by atoms with Gasteiger partial charge in [0, 0.05) is 70.2 Å². The zero-order chi connectivity index (χ0) is 51.7. The minimum Gasteiger partial charge on any atom is -0.454 e. The second kappa shape index (κ2) is 15.5. The minimum absolute atomic E-state index is 0.329. The fourth-order valence-corrected chi connectivity index (χ4v) is 13.8. The van der Waals surface area contributed by atoms with Crippen LogP contribution >= 0.6 is 0 Å². The summed E-state index contributed by atoms with van der Waals surface area (Å²) in [4.78, 5) is 0. The van der Waals surface area contributed by atoms with Crippen molar-refractivity contribution >= 4 is 148 Å². The number of nitriles is 2. The Morgan fingerprint density at radius 3 is 1.32 bits per heavy atom. The molecule has 0 amide bonds. The fraction of sp³-hybridized carbons (Fsp3) is 0.0571. The quantitative estimate of drug-likeness (QED) is 0.176. The third-order valence-electron chi connectivity index (χ3n) is 16.9. The van der Waals surface area contributed by atoms with Gasteiger partial charge in [0.2, 0.25) is 0 Å². The van der Waals surface area contributed by atoms with Gasteiger partial charge in [-0.2, -0.15) is 10.5 Å². The summed E-state index contributed by atoms with van der Waals surface area (Å²) in [6, 6.07) is 77.5. The molecule has 16 aromatic rings. The first kappa shape index (κ1) is 42.8. The molecule has 6 heterocycles. The molecule has 1 aliphatic carbocycles. The van der Waals surface area contributed by atoms with Crippen LogP contribution in [-0.4, -0.2) is 18.3 Å². The number of aromatic nitrogens is 4. The zero-order valence-corrected chi connectivity index (χ0v) is 42.3. The highest BCUT2D eigenvalue weighted by molar-refractivity contribution is 6.27. The third kappa shape index (κ3) is 5.45. The first-order valence-corrected chi connectivity index (χ1v) is 26.4. The van der Waals surface area contributed by atoms with Crippen LogP contribution in [0.15, 0.2) is 221 Å². The number of allylic oxidation sites excluding steroid dienone is 4. The predicted molar refractivity (Wildman–Crippen MR) is 318 cm³/mol. The Labute approximate surface area is 444 Å². The van der Waals surface area contributed by atoms with E-state index < -0.39 is 12.0 Å². The largest absolute Gasteiger partial charge is 0.454 e. The van der Waals surface area contributed by atoms with Gasteiger partial charge in [0.05, 0.1) is 79.5 Å². The molecule has 0 radical (unpaired) electrons. The lowest BCUT2D eigenvalue weighted by Gasteiger charge is -2.37. The molecule has 0 N–H and O–H groups in total. The third-order valence-corrected chi connectivity index (χ3v) is 16.9. The van der Waals surface area contributed by atoms with Gasteiger partial charge in [-0.15, -0.1) is 0 Å². The van der Waals surface area contributed by atoms with Crippen molar-refractivity contribution in [3.05, 3.63) is 223 Å². The first-order chi connectivity index (χ1) is 38.5. The van der Waals surface area contributed by atoms with E-state index in [4.69, 9.17) is 8.83 Å². The molecule has 2 unspecified atom stereocenters. The van der Waals surface area contributed by atoms with Gasteiger partial charge in [-0.05, 0) is 86.6 Å². The maximum Gasteiger partial charge on any atom is 0.160 e. The average molecular weight is 999 g/mol. The van der Waals surface area contributed by atoms with Crippen LogP contribution in [0.1, 0.15) is 17.2 Å². The number of hydrogen-bond acceptors (Lipinski definition) is 4. The van der Waals surface area contributed by atoms with Crippen LogP contribution in [0.3, 0.4) is 0 Å². The topological polar surface area (TPSA) is 93.6 Å². The maximum atomic E-state index is 12.6. The van der Waals surface area contributed by atoms with Gasteiger partial charge < -0.3 is 27.1 Å². The van der Waals surface area contributed by atoms with E-state index in [9.17, 15) is 10.5 Å².